The second-order valence-electron chi connectivity index (χ2n) is 10.0. The Labute approximate surface area is 193 Å². The largest absolute Gasteiger partial charge is 0.445 e. The summed E-state index contributed by atoms with van der Waals surface area (Å²) in [4.78, 5) is 14.9. The van der Waals surface area contributed by atoms with Crippen molar-refractivity contribution in [3.8, 4) is 6.07 Å². The van der Waals surface area contributed by atoms with Gasteiger partial charge >= 0.3 is 6.09 Å². The summed E-state index contributed by atoms with van der Waals surface area (Å²) in [6, 6.07) is 19.2. The number of carbonyl (C=O) groups excluding carboxylic acids is 1. The number of piperidine rings is 1. The molecule has 0 saturated carbocycles. The van der Waals surface area contributed by atoms with Gasteiger partial charge in [-0.2, -0.15) is 5.26 Å². The average Bonchev–Trinajstić information content (AvgIpc) is 2.77. The molecule has 1 amide bonds. The van der Waals surface area contributed by atoms with Crippen LogP contribution in [0.2, 0.25) is 18.1 Å². The van der Waals surface area contributed by atoms with E-state index in [4.69, 9.17) is 14.4 Å². The Balaban J connectivity index is 1.78. The van der Waals surface area contributed by atoms with E-state index in [0.717, 1.165) is 24.0 Å². The van der Waals surface area contributed by atoms with Gasteiger partial charge in [-0.05, 0) is 54.2 Å². The smallest absolute Gasteiger partial charge is 0.410 e. The van der Waals surface area contributed by atoms with Gasteiger partial charge in [0.1, 0.15) is 6.61 Å². The van der Waals surface area contributed by atoms with Crippen molar-refractivity contribution in [1.29, 1.82) is 5.26 Å². The molecular formula is C26H34N2O3Si. The highest BCUT2D eigenvalue weighted by Crippen LogP contribution is 2.41. The predicted molar refractivity (Wildman–Crippen MR) is 129 cm³/mol. The lowest BCUT2D eigenvalue weighted by Crippen LogP contribution is -2.49. The predicted octanol–water partition coefficient (Wildman–Crippen LogP) is 6.42. The minimum Gasteiger partial charge on any atom is -0.445 e. The van der Waals surface area contributed by atoms with Crippen molar-refractivity contribution < 1.29 is 14.0 Å². The third kappa shape index (κ3) is 5.79. The molecule has 170 valence electrons. The molecule has 0 radical (unpaired) electrons. The zero-order chi connectivity index (χ0) is 23.4. The van der Waals surface area contributed by atoms with Gasteiger partial charge in [-0.3, -0.25) is 0 Å². The Morgan fingerprint density at radius 3 is 2.38 bits per heavy atom. The molecule has 0 aliphatic carbocycles. The molecule has 0 aromatic heterocycles. The summed E-state index contributed by atoms with van der Waals surface area (Å²) < 4.78 is 12.4. The monoisotopic (exact) mass is 450 g/mol. The normalized spacial score (nSPS) is 19.3. The van der Waals surface area contributed by atoms with Gasteiger partial charge in [-0.15, -0.1) is 0 Å². The molecule has 1 saturated heterocycles. The van der Waals surface area contributed by atoms with E-state index >= 15 is 0 Å². The fourth-order valence-corrected chi connectivity index (χ4v) is 5.15. The molecule has 2 atom stereocenters. The van der Waals surface area contributed by atoms with Gasteiger partial charge in [0, 0.05) is 12.6 Å². The fourth-order valence-electron chi connectivity index (χ4n) is 3.75. The lowest BCUT2D eigenvalue weighted by molar-refractivity contribution is 0.0300. The van der Waals surface area contributed by atoms with Crippen LogP contribution in [0.5, 0.6) is 0 Å². The molecule has 0 spiro atoms. The van der Waals surface area contributed by atoms with Crippen molar-refractivity contribution in [3.63, 3.8) is 0 Å². The Kier molecular flexibility index (Phi) is 7.42. The van der Waals surface area contributed by atoms with E-state index in [-0.39, 0.29) is 29.9 Å². The molecule has 1 aliphatic heterocycles. The van der Waals surface area contributed by atoms with Crippen LogP contribution in [-0.4, -0.2) is 32.0 Å². The van der Waals surface area contributed by atoms with Crippen LogP contribution in [0.25, 0.3) is 0 Å². The summed E-state index contributed by atoms with van der Waals surface area (Å²) >= 11 is 0. The van der Waals surface area contributed by atoms with Crippen molar-refractivity contribution in [3.05, 3.63) is 71.3 Å². The minimum absolute atomic E-state index is 0.0923. The Morgan fingerprint density at radius 1 is 1.12 bits per heavy atom. The fraction of sp³-hybridized carbons (Fsp3) is 0.462. The summed E-state index contributed by atoms with van der Waals surface area (Å²) in [5.74, 6) is 0. The molecular weight excluding hydrogens is 416 g/mol. The SMILES string of the molecule is CC(C)(C)[Si](C)(C)O[C@H]1CCN(C(=O)OCc2ccccc2)[C@H](c2ccc(C#N)cc2)C1. The van der Waals surface area contributed by atoms with E-state index in [1.165, 1.54) is 0 Å². The molecule has 1 heterocycles. The zero-order valence-electron chi connectivity index (χ0n) is 19.8. The summed E-state index contributed by atoms with van der Waals surface area (Å²) in [5, 5.41) is 9.28. The number of hydrogen-bond acceptors (Lipinski definition) is 4. The number of benzene rings is 2. The molecule has 5 nitrogen and oxygen atoms in total. The van der Waals surface area contributed by atoms with Crippen LogP contribution in [0.15, 0.2) is 54.6 Å². The van der Waals surface area contributed by atoms with Gasteiger partial charge in [-0.1, -0.05) is 63.2 Å². The van der Waals surface area contributed by atoms with Crippen LogP contribution in [-0.2, 0) is 15.8 Å². The maximum absolute atomic E-state index is 13.0. The lowest BCUT2D eigenvalue weighted by Gasteiger charge is -2.44. The van der Waals surface area contributed by atoms with E-state index in [1.54, 1.807) is 12.1 Å². The first-order valence-electron chi connectivity index (χ1n) is 11.3. The number of amides is 1. The van der Waals surface area contributed by atoms with E-state index < -0.39 is 8.32 Å². The second kappa shape index (κ2) is 9.89. The number of rotatable bonds is 5. The first-order chi connectivity index (χ1) is 15.1. The van der Waals surface area contributed by atoms with Gasteiger partial charge in [-0.25, -0.2) is 4.79 Å². The Bertz CT molecular complexity index is 946. The lowest BCUT2D eigenvalue weighted by atomic mass is 9.93. The number of likely N-dealkylation sites (tertiary alicyclic amines) is 1. The molecule has 0 N–H and O–H groups in total. The first kappa shape index (κ1) is 24.0. The highest BCUT2D eigenvalue weighted by Gasteiger charge is 2.42. The second-order valence-corrected chi connectivity index (χ2v) is 14.8. The van der Waals surface area contributed by atoms with E-state index in [2.05, 4.69) is 39.9 Å². The van der Waals surface area contributed by atoms with Gasteiger partial charge in [0.05, 0.1) is 17.7 Å². The van der Waals surface area contributed by atoms with Crippen LogP contribution < -0.4 is 0 Å². The molecule has 0 unspecified atom stereocenters. The molecule has 3 rings (SSSR count). The highest BCUT2D eigenvalue weighted by atomic mass is 28.4. The van der Waals surface area contributed by atoms with Crippen molar-refractivity contribution in [2.75, 3.05) is 6.54 Å². The van der Waals surface area contributed by atoms with Crippen molar-refractivity contribution >= 4 is 14.4 Å². The number of carbonyl (C=O) groups is 1. The van der Waals surface area contributed by atoms with Crippen LogP contribution in [0.1, 0.15) is 56.3 Å². The molecule has 1 aliphatic rings. The van der Waals surface area contributed by atoms with Crippen molar-refractivity contribution in [1.82, 2.24) is 4.90 Å². The van der Waals surface area contributed by atoms with Crippen LogP contribution >= 0.6 is 0 Å². The molecule has 1 fully saturated rings. The Morgan fingerprint density at radius 2 is 1.78 bits per heavy atom. The summed E-state index contributed by atoms with van der Waals surface area (Å²) in [5.41, 5.74) is 2.58. The van der Waals surface area contributed by atoms with Crippen molar-refractivity contribution in [2.45, 2.75) is 70.5 Å². The van der Waals surface area contributed by atoms with E-state index in [1.807, 2.05) is 47.4 Å². The molecule has 2 aromatic carbocycles. The van der Waals surface area contributed by atoms with Crippen LogP contribution in [0, 0.1) is 11.3 Å². The number of ether oxygens (including phenoxy) is 1. The van der Waals surface area contributed by atoms with Crippen LogP contribution in [0.3, 0.4) is 0 Å². The molecule has 0 bridgehead atoms. The Hall–Kier alpha value is -2.62. The maximum atomic E-state index is 13.0. The topological polar surface area (TPSA) is 62.6 Å². The molecule has 6 heteroatoms. The highest BCUT2D eigenvalue weighted by molar-refractivity contribution is 6.74. The van der Waals surface area contributed by atoms with E-state index in [9.17, 15) is 4.79 Å². The third-order valence-corrected chi connectivity index (χ3v) is 11.2. The number of nitrogens with zero attached hydrogens (tertiary/aromatic N) is 2. The third-order valence-electron chi connectivity index (χ3n) is 6.69. The molecule has 32 heavy (non-hydrogen) atoms. The number of hydrogen-bond donors (Lipinski definition) is 0. The van der Waals surface area contributed by atoms with Gasteiger partial charge < -0.3 is 14.1 Å². The van der Waals surface area contributed by atoms with Gasteiger partial charge in [0.25, 0.3) is 0 Å². The molecule has 2 aromatic rings. The zero-order valence-corrected chi connectivity index (χ0v) is 20.8. The average molecular weight is 451 g/mol. The van der Waals surface area contributed by atoms with Gasteiger partial charge in [0.2, 0.25) is 0 Å². The number of nitriles is 1. The summed E-state index contributed by atoms with van der Waals surface area (Å²) in [7, 11) is -1.92. The summed E-state index contributed by atoms with van der Waals surface area (Å²) in [6.07, 6.45) is 1.29. The maximum Gasteiger partial charge on any atom is 0.410 e. The quantitative estimate of drug-likeness (QED) is 0.493. The van der Waals surface area contributed by atoms with Crippen LogP contribution in [0.4, 0.5) is 4.79 Å². The minimum atomic E-state index is -1.92. The first-order valence-corrected chi connectivity index (χ1v) is 14.2. The van der Waals surface area contributed by atoms with Gasteiger partial charge in [0.15, 0.2) is 8.32 Å². The summed E-state index contributed by atoms with van der Waals surface area (Å²) in [6.45, 7) is 12.1. The van der Waals surface area contributed by atoms with Crippen molar-refractivity contribution in [2.24, 2.45) is 0 Å². The standard InChI is InChI=1S/C26H34N2O3Si/c1-26(2,3)32(4,5)31-23-15-16-28(25(29)30-19-21-9-7-6-8-10-21)24(17-23)22-13-11-20(18-27)12-14-22/h6-14,23-24H,15-17,19H2,1-5H3/t23-,24-/m0/s1. The van der Waals surface area contributed by atoms with E-state index in [0.29, 0.717) is 12.1 Å².